The minimum Gasteiger partial charge on any atom is -0.258 e. The van der Waals surface area contributed by atoms with E-state index in [1.807, 2.05) is 0 Å². The van der Waals surface area contributed by atoms with Crippen LogP contribution in [0.15, 0.2) is 10.6 Å². The third-order valence-electron chi connectivity index (χ3n) is 2.95. The Bertz CT molecular complexity index is 223. The Labute approximate surface area is 75.8 Å². The Balaban J connectivity index is 2.07. The van der Waals surface area contributed by atoms with Crippen molar-refractivity contribution in [3.63, 3.8) is 0 Å². The molecule has 2 atom stereocenters. The van der Waals surface area contributed by atoms with Crippen molar-refractivity contribution < 1.29 is 0 Å². The molecule has 0 amide bonds. The van der Waals surface area contributed by atoms with E-state index in [9.17, 15) is 9.81 Å². The highest BCUT2D eigenvalue weighted by Gasteiger charge is 2.39. The largest absolute Gasteiger partial charge is 0.258 e. The maximum absolute atomic E-state index is 10.4. The monoisotopic (exact) mass is 184 g/mol. The van der Waals surface area contributed by atoms with Crippen molar-refractivity contribution in [2.24, 2.45) is 16.5 Å². The second-order valence-electron chi connectivity index (χ2n) is 3.67. The molecule has 72 valence electrons. The van der Waals surface area contributed by atoms with Gasteiger partial charge in [-0.15, -0.1) is 9.81 Å². The highest BCUT2D eigenvalue weighted by atomic mass is 16.3. The van der Waals surface area contributed by atoms with Gasteiger partial charge in [0.05, 0.1) is 23.2 Å². The highest BCUT2D eigenvalue weighted by Crippen LogP contribution is 2.30. The molecule has 2 heterocycles. The second-order valence-corrected chi connectivity index (χ2v) is 3.67. The average Bonchev–Trinajstić information content (AvgIpc) is 2.59. The van der Waals surface area contributed by atoms with E-state index in [2.05, 4.69) is 10.6 Å². The molecule has 2 rings (SSSR count). The normalized spacial score (nSPS) is 32.9. The minimum absolute atomic E-state index is 0.115. The summed E-state index contributed by atoms with van der Waals surface area (Å²) in [7, 11) is 0. The number of nitroso groups, excluding NO2 is 2. The lowest BCUT2D eigenvalue weighted by Crippen LogP contribution is -2.41. The van der Waals surface area contributed by atoms with Gasteiger partial charge in [0, 0.05) is 19.0 Å². The first-order chi connectivity index (χ1) is 6.35. The predicted octanol–water partition coefficient (Wildman–Crippen LogP) is 0.745. The van der Waals surface area contributed by atoms with Crippen LogP contribution in [0.25, 0.3) is 0 Å². The molecule has 13 heavy (non-hydrogen) atoms. The predicted molar refractivity (Wildman–Crippen MR) is 46.4 cm³/mol. The van der Waals surface area contributed by atoms with Crippen LogP contribution in [0.2, 0.25) is 0 Å². The van der Waals surface area contributed by atoms with Gasteiger partial charge in [-0.25, -0.2) is 0 Å². The van der Waals surface area contributed by atoms with Crippen LogP contribution in [-0.4, -0.2) is 35.7 Å². The van der Waals surface area contributed by atoms with Crippen LogP contribution < -0.4 is 0 Å². The molecular formula is C7H12N4O2. The lowest BCUT2D eigenvalue weighted by atomic mass is 9.93. The summed E-state index contributed by atoms with van der Waals surface area (Å²) in [4.78, 5) is 20.7. The van der Waals surface area contributed by atoms with Gasteiger partial charge in [0.1, 0.15) is 0 Å². The molecule has 0 saturated carbocycles. The zero-order valence-electron chi connectivity index (χ0n) is 7.30. The fourth-order valence-electron chi connectivity index (χ4n) is 2.30. The SMILES string of the molecule is O=NN1C[C@H]2CCCN(N=O)[C@H]2C1. The molecule has 2 saturated heterocycles. The number of piperidine rings is 1. The van der Waals surface area contributed by atoms with Crippen molar-refractivity contribution in [1.82, 2.24) is 10.0 Å². The van der Waals surface area contributed by atoms with Crippen molar-refractivity contribution in [1.29, 1.82) is 0 Å². The number of hydrogen-bond acceptors (Lipinski definition) is 4. The Morgan fingerprint density at radius 3 is 2.69 bits per heavy atom. The van der Waals surface area contributed by atoms with E-state index in [0.29, 0.717) is 19.0 Å². The molecule has 0 aromatic heterocycles. The summed E-state index contributed by atoms with van der Waals surface area (Å²) in [6.07, 6.45) is 2.06. The van der Waals surface area contributed by atoms with E-state index in [4.69, 9.17) is 0 Å². The topological polar surface area (TPSA) is 65.3 Å². The van der Waals surface area contributed by atoms with Crippen LogP contribution in [-0.2, 0) is 0 Å². The van der Waals surface area contributed by atoms with E-state index in [0.717, 1.165) is 19.4 Å². The second kappa shape index (κ2) is 3.27. The molecule has 6 nitrogen and oxygen atoms in total. The summed E-state index contributed by atoms with van der Waals surface area (Å²) >= 11 is 0. The Hall–Kier alpha value is -1.20. The molecule has 0 N–H and O–H groups in total. The van der Waals surface area contributed by atoms with Crippen LogP contribution in [0, 0.1) is 15.7 Å². The van der Waals surface area contributed by atoms with Crippen LogP contribution in [0.3, 0.4) is 0 Å². The third kappa shape index (κ3) is 1.36. The zero-order valence-corrected chi connectivity index (χ0v) is 7.30. The summed E-state index contributed by atoms with van der Waals surface area (Å²) in [6, 6.07) is 0.115. The molecule has 0 unspecified atom stereocenters. The van der Waals surface area contributed by atoms with Gasteiger partial charge >= 0.3 is 0 Å². The summed E-state index contributed by atoms with van der Waals surface area (Å²) in [6.45, 7) is 1.96. The summed E-state index contributed by atoms with van der Waals surface area (Å²) in [5.41, 5.74) is 0. The van der Waals surface area contributed by atoms with E-state index in [-0.39, 0.29) is 6.04 Å². The summed E-state index contributed by atoms with van der Waals surface area (Å²) in [5.74, 6) is 0.393. The summed E-state index contributed by atoms with van der Waals surface area (Å²) in [5, 5.41) is 8.91. The fraction of sp³-hybridized carbons (Fsp3) is 1.00. The van der Waals surface area contributed by atoms with Crippen LogP contribution in [0.4, 0.5) is 0 Å². The van der Waals surface area contributed by atoms with Crippen molar-refractivity contribution in [2.45, 2.75) is 18.9 Å². The lowest BCUT2D eigenvalue weighted by molar-refractivity contribution is 0.126. The molecule has 0 bridgehead atoms. The number of nitrogens with zero attached hydrogens (tertiary/aromatic N) is 4. The minimum atomic E-state index is 0.115. The number of fused-ring (bicyclic) bond motifs is 1. The van der Waals surface area contributed by atoms with E-state index in [1.54, 1.807) is 5.01 Å². The molecular weight excluding hydrogens is 172 g/mol. The average molecular weight is 184 g/mol. The van der Waals surface area contributed by atoms with Crippen molar-refractivity contribution in [3.8, 4) is 0 Å². The molecule has 0 aliphatic carbocycles. The first-order valence-electron chi connectivity index (χ1n) is 4.53. The quantitative estimate of drug-likeness (QED) is 0.594. The van der Waals surface area contributed by atoms with Crippen molar-refractivity contribution >= 4 is 0 Å². The Morgan fingerprint density at radius 1 is 1.15 bits per heavy atom. The van der Waals surface area contributed by atoms with Crippen molar-refractivity contribution in [3.05, 3.63) is 9.81 Å². The molecule has 0 radical (unpaired) electrons. The Kier molecular flexibility index (Phi) is 2.12. The van der Waals surface area contributed by atoms with Crippen LogP contribution in [0.5, 0.6) is 0 Å². The Morgan fingerprint density at radius 2 is 2.00 bits per heavy atom. The van der Waals surface area contributed by atoms with E-state index >= 15 is 0 Å². The van der Waals surface area contributed by atoms with Gasteiger partial charge in [-0.2, -0.15) is 0 Å². The molecule has 0 aromatic rings. The maximum atomic E-state index is 10.4. The standard InChI is InChI=1S/C7H12N4O2/c12-8-10-4-6-2-1-3-11(9-13)7(6)5-10/h6-7H,1-5H2/t6-,7+/m1/s1. The number of hydrogen-bond donors (Lipinski definition) is 0. The zero-order chi connectivity index (χ0) is 9.26. The van der Waals surface area contributed by atoms with Gasteiger partial charge in [0.25, 0.3) is 0 Å². The molecule has 0 spiro atoms. The van der Waals surface area contributed by atoms with Gasteiger partial charge in [0.2, 0.25) is 0 Å². The smallest absolute Gasteiger partial charge is 0.0741 e. The van der Waals surface area contributed by atoms with Gasteiger partial charge in [-0.1, -0.05) is 0 Å². The molecule has 2 aliphatic heterocycles. The molecule has 2 fully saturated rings. The molecule has 6 heteroatoms. The maximum Gasteiger partial charge on any atom is 0.0741 e. The number of rotatable bonds is 2. The fourth-order valence-corrected chi connectivity index (χ4v) is 2.30. The third-order valence-corrected chi connectivity index (χ3v) is 2.95. The van der Waals surface area contributed by atoms with Crippen LogP contribution in [0.1, 0.15) is 12.8 Å². The summed E-state index contributed by atoms with van der Waals surface area (Å²) < 4.78 is 0. The highest BCUT2D eigenvalue weighted by molar-refractivity contribution is 4.91. The lowest BCUT2D eigenvalue weighted by Gasteiger charge is -2.31. The van der Waals surface area contributed by atoms with Gasteiger partial charge in [0.15, 0.2) is 0 Å². The van der Waals surface area contributed by atoms with Gasteiger partial charge in [-0.05, 0) is 12.8 Å². The molecule has 2 aliphatic rings. The van der Waals surface area contributed by atoms with Crippen molar-refractivity contribution in [2.75, 3.05) is 19.6 Å². The molecule has 0 aromatic carbocycles. The first-order valence-corrected chi connectivity index (χ1v) is 4.53. The van der Waals surface area contributed by atoms with Gasteiger partial charge in [-0.3, -0.25) is 10.0 Å². The first kappa shape index (κ1) is 8.40. The van der Waals surface area contributed by atoms with Crippen LogP contribution >= 0.6 is 0 Å². The van der Waals surface area contributed by atoms with E-state index < -0.39 is 0 Å². The van der Waals surface area contributed by atoms with E-state index in [1.165, 1.54) is 5.01 Å². The van der Waals surface area contributed by atoms with Gasteiger partial charge < -0.3 is 0 Å².